The molecule has 0 aliphatic carbocycles. The van der Waals surface area contributed by atoms with Crippen LogP contribution in [0.1, 0.15) is 67.8 Å². The van der Waals surface area contributed by atoms with Crippen molar-refractivity contribution in [1.82, 2.24) is 35.6 Å². The first-order valence-corrected chi connectivity index (χ1v) is 23.7. The maximum Gasteiger partial charge on any atom is 0.321 e. The number of nitrogens with zero attached hydrogens (tertiary/aromatic N) is 4. The van der Waals surface area contributed by atoms with Crippen molar-refractivity contribution < 1.29 is 19.8 Å². The molecule has 0 aliphatic heterocycles. The summed E-state index contributed by atoms with van der Waals surface area (Å²) in [6.45, 7) is 0.278. The smallest absolute Gasteiger partial charge is 0.321 e. The van der Waals surface area contributed by atoms with Gasteiger partial charge < -0.3 is 25.1 Å². The second kappa shape index (κ2) is 21.5. The standard InChI is InChI=1S/C59H56N8O4/c1-67(2)51-33-47(37-60-52(54(68)69)35-49-39-62-56(65-49)58(41-21-9-3-10-22-41,42-23-11-4-12-24-42)43-25-13-5-14-26-43)64-48(34-51)38-61-53(55(70)71)36-50-40-63-57(66-50)59(44-27-15-6-16-28-44,45-29-17-7-18-30-45)46-31-19-8-20-32-46/h3-34,39-40,52-53,60-61H,35-38H2,1-2H3,(H,62,65)(H,63,66)(H,68,69)(H,70,71)/t52-,53?/m1/s1. The first-order valence-electron chi connectivity index (χ1n) is 23.7. The van der Waals surface area contributed by atoms with Crippen LogP contribution in [0.25, 0.3) is 0 Å². The maximum atomic E-state index is 12.9. The minimum atomic E-state index is -1.02. The average molecular weight is 941 g/mol. The van der Waals surface area contributed by atoms with Crippen LogP contribution in [0.3, 0.4) is 0 Å². The van der Waals surface area contributed by atoms with Gasteiger partial charge in [0.1, 0.15) is 34.6 Å². The lowest BCUT2D eigenvalue weighted by Crippen LogP contribution is -2.39. The Morgan fingerprint density at radius 1 is 0.493 bits per heavy atom. The third kappa shape index (κ3) is 10.0. The summed E-state index contributed by atoms with van der Waals surface area (Å²) in [5, 5.41) is 27.6. The van der Waals surface area contributed by atoms with Crippen molar-refractivity contribution in [3.63, 3.8) is 0 Å². The Bertz CT molecular complexity index is 2750. The van der Waals surface area contributed by atoms with Crippen molar-refractivity contribution in [2.75, 3.05) is 19.0 Å². The quantitative estimate of drug-likeness (QED) is 0.0382. The normalized spacial score (nSPS) is 12.5. The molecular weight excluding hydrogens is 885 g/mol. The maximum absolute atomic E-state index is 12.9. The fourth-order valence-corrected chi connectivity index (χ4v) is 9.72. The average Bonchev–Trinajstić information content (AvgIpc) is 4.09. The minimum Gasteiger partial charge on any atom is -0.480 e. The minimum absolute atomic E-state index is 0.122. The van der Waals surface area contributed by atoms with Gasteiger partial charge in [0, 0.05) is 69.5 Å². The fraction of sp³-hybridized carbons (Fsp3) is 0.169. The molecule has 1 unspecified atom stereocenters. The van der Waals surface area contributed by atoms with E-state index < -0.39 is 34.9 Å². The van der Waals surface area contributed by atoms with E-state index >= 15 is 0 Å². The summed E-state index contributed by atoms with van der Waals surface area (Å²) in [6, 6.07) is 63.0. The summed E-state index contributed by atoms with van der Waals surface area (Å²) in [5.74, 6) is -0.700. The Balaban J connectivity index is 0.936. The summed E-state index contributed by atoms with van der Waals surface area (Å²) in [4.78, 5) is 49.7. The summed E-state index contributed by atoms with van der Waals surface area (Å²) < 4.78 is 0. The van der Waals surface area contributed by atoms with Crippen LogP contribution in [-0.4, -0.2) is 73.3 Å². The van der Waals surface area contributed by atoms with E-state index in [1.807, 2.05) is 140 Å². The number of carbonyl (C=O) groups is 2. The molecule has 0 aliphatic rings. The van der Waals surface area contributed by atoms with Crippen molar-refractivity contribution in [3.05, 3.63) is 274 Å². The number of rotatable bonds is 21. The third-order valence-electron chi connectivity index (χ3n) is 13.1. The number of imidazole rings is 2. The number of pyridine rings is 1. The molecule has 2 atom stereocenters. The Morgan fingerprint density at radius 2 is 0.775 bits per heavy atom. The van der Waals surface area contributed by atoms with Crippen LogP contribution in [0.5, 0.6) is 0 Å². The molecule has 0 spiro atoms. The van der Waals surface area contributed by atoms with Gasteiger partial charge in [0.25, 0.3) is 0 Å². The van der Waals surface area contributed by atoms with Gasteiger partial charge in [-0.15, -0.1) is 0 Å². The van der Waals surface area contributed by atoms with Gasteiger partial charge in [0.05, 0.1) is 11.4 Å². The van der Waals surface area contributed by atoms with E-state index in [-0.39, 0.29) is 25.9 Å². The number of hydrogen-bond acceptors (Lipinski definition) is 8. The van der Waals surface area contributed by atoms with Crippen LogP contribution in [0.15, 0.2) is 207 Å². The van der Waals surface area contributed by atoms with E-state index in [0.29, 0.717) is 34.4 Å². The number of nitrogens with one attached hydrogen (secondary N) is 4. The number of anilines is 1. The number of aliphatic carboxylic acids is 2. The zero-order valence-corrected chi connectivity index (χ0v) is 39.6. The van der Waals surface area contributed by atoms with Gasteiger partial charge in [-0.2, -0.15) is 0 Å². The second-order valence-corrected chi connectivity index (χ2v) is 17.9. The van der Waals surface area contributed by atoms with E-state index in [4.69, 9.17) is 15.0 Å². The van der Waals surface area contributed by atoms with E-state index in [2.05, 4.69) is 93.4 Å². The van der Waals surface area contributed by atoms with Crippen molar-refractivity contribution in [1.29, 1.82) is 0 Å². The van der Waals surface area contributed by atoms with Crippen molar-refractivity contribution >= 4 is 17.6 Å². The summed E-state index contributed by atoms with van der Waals surface area (Å²) in [6.07, 6.45) is 3.69. The highest BCUT2D eigenvalue weighted by Gasteiger charge is 2.42. The lowest BCUT2D eigenvalue weighted by atomic mass is 9.69. The molecule has 6 N–H and O–H groups in total. The van der Waals surface area contributed by atoms with E-state index in [1.54, 1.807) is 12.4 Å². The van der Waals surface area contributed by atoms with Crippen LogP contribution in [0, 0.1) is 0 Å². The number of carboxylic acid groups (broad SMARTS) is 2. The molecule has 6 aromatic carbocycles. The molecule has 0 bridgehead atoms. The van der Waals surface area contributed by atoms with Crippen LogP contribution >= 0.6 is 0 Å². The predicted molar refractivity (Wildman–Crippen MR) is 276 cm³/mol. The van der Waals surface area contributed by atoms with Crippen LogP contribution < -0.4 is 15.5 Å². The van der Waals surface area contributed by atoms with E-state index in [1.165, 1.54) is 0 Å². The van der Waals surface area contributed by atoms with Gasteiger partial charge in [0.15, 0.2) is 0 Å². The molecule has 71 heavy (non-hydrogen) atoms. The largest absolute Gasteiger partial charge is 0.480 e. The zero-order chi connectivity index (χ0) is 49.2. The van der Waals surface area contributed by atoms with Gasteiger partial charge in [-0.1, -0.05) is 182 Å². The molecule has 0 fully saturated rings. The molecule has 3 aromatic heterocycles. The number of benzene rings is 6. The fourth-order valence-electron chi connectivity index (χ4n) is 9.72. The van der Waals surface area contributed by atoms with Crippen LogP contribution in [0.2, 0.25) is 0 Å². The summed E-state index contributed by atoms with van der Waals surface area (Å²) >= 11 is 0. The van der Waals surface area contributed by atoms with E-state index in [9.17, 15) is 19.8 Å². The topological polar surface area (TPSA) is 172 Å². The van der Waals surface area contributed by atoms with Gasteiger partial charge in [-0.25, -0.2) is 9.97 Å². The molecule has 12 heteroatoms. The Kier molecular flexibility index (Phi) is 14.4. The number of aromatic amines is 2. The molecule has 3 heterocycles. The van der Waals surface area contributed by atoms with Crippen molar-refractivity contribution in [2.45, 2.75) is 48.8 Å². The van der Waals surface area contributed by atoms with E-state index in [0.717, 1.165) is 39.1 Å². The van der Waals surface area contributed by atoms with Crippen LogP contribution in [0.4, 0.5) is 5.69 Å². The zero-order valence-electron chi connectivity index (χ0n) is 39.6. The molecule has 9 aromatic rings. The number of hydrogen-bond donors (Lipinski definition) is 6. The molecule has 12 nitrogen and oxygen atoms in total. The summed E-state index contributed by atoms with van der Waals surface area (Å²) in [5.41, 5.74) is 7.82. The Hall–Kier alpha value is -8.45. The molecule has 0 saturated carbocycles. The van der Waals surface area contributed by atoms with Crippen molar-refractivity contribution in [3.8, 4) is 0 Å². The molecule has 356 valence electrons. The highest BCUT2D eigenvalue weighted by Crippen LogP contribution is 2.45. The number of H-pyrrole nitrogens is 2. The first-order chi connectivity index (χ1) is 34.7. The van der Waals surface area contributed by atoms with Gasteiger partial charge in [0.2, 0.25) is 0 Å². The molecular formula is C59H56N8O4. The predicted octanol–water partition coefficient (Wildman–Crippen LogP) is 8.93. The lowest BCUT2D eigenvalue weighted by molar-refractivity contribution is -0.140. The Morgan fingerprint density at radius 3 is 1.03 bits per heavy atom. The SMILES string of the molecule is CN(C)c1cc(CNC(Cc2cnc(C(c3ccccc3)(c3ccccc3)c3ccccc3)[nH]2)C(=O)O)nc(CN[C@H](Cc2cnc(C(c3ccccc3)(c3ccccc3)c3ccccc3)[nH]2)C(=O)O)c1. The second-order valence-electron chi connectivity index (χ2n) is 17.9. The molecule has 0 radical (unpaired) electrons. The van der Waals surface area contributed by atoms with Gasteiger partial charge in [-0.3, -0.25) is 25.2 Å². The van der Waals surface area contributed by atoms with Crippen LogP contribution in [-0.2, 0) is 46.4 Å². The Labute approximate surface area is 413 Å². The molecule has 0 amide bonds. The molecule has 0 saturated heterocycles. The lowest BCUT2D eigenvalue weighted by Gasteiger charge is -2.34. The highest BCUT2D eigenvalue weighted by atomic mass is 16.4. The highest BCUT2D eigenvalue weighted by molar-refractivity contribution is 5.74. The first kappa shape index (κ1) is 47.6. The summed E-state index contributed by atoms with van der Waals surface area (Å²) in [7, 11) is 3.83. The van der Waals surface area contributed by atoms with Gasteiger partial charge >= 0.3 is 11.9 Å². The monoisotopic (exact) mass is 940 g/mol. The number of aromatic nitrogens is 5. The van der Waals surface area contributed by atoms with Gasteiger partial charge in [-0.05, 0) is 45.5 Å². The number of carboxylic acids is 2. The third-order valence-corrected chi connectivity index (χ3v) is 13.1. The molecule has 9 rings (SSSR count). The van der Waals surface area contributed by atoms with Crippen molar-refractivity contribution in [2.24, 2.45) is 0 Å².